The molecule has 0 rings (SSSR count). The maximum absolute atomic E-state index is 3.98. The van der Waals surface area contributed by atoms with Crippen LogP contribution in [0, 0.1) is 0 Å². The molecule has 5 heteroatoms. The standard InChI is InChI=1S/C10H24N2Si3/c1-9-13-11(3)15(7,8)12(4)14(5,6)10-2/h9-10H,1-2H2,3-8H3. The molecule has 0 aromatic rings. The lowest BCUT2D eigenvalue weighted by Gasteiger charge is -2.47. The lowest BCUT2D eigenvalue weighted by Crippen LogP contribution is -2.67. The maximum atomic E-state index is 3.98. The Kier molecular flexibility index (Phi) is 5.42. The van der Waals surface area contributed by atoms with Gasteiger partial charge in [0.25, 0.3) is 0 Å². The summed E-state index contributed by atoms with van der Waals surface area (Å²) in [7, 11) is 2.27. The van der Waals surface area contributed by atoms with E-state index in [4.69, 9.17) is 0 Å². The van der Waals surface area contributed by atoms with Crippen molar-refractivity contribution in [3.05, 3.63) is 24.6 Å². The Balaban J connectivity index is 4.85. The molecule has 0 unspecified atom stereocenters. The molecular weight excluding hydrogens is 232 g/mol. The van der Waals surface area contributed by atoms with E-state index >= 15 is 0 Å². The zero-order valence-corrected chi connectivity index (χ0v) is 14.0. The van der Waals surface area contributed by atoms with Gasteiger partial charge in [-0.15, -0.1) is 13.2 Å². The topological polar surface area (TPSA) is 6.48 Å². The lowest BCUT2D eigenvalue weighted by molar-refractivity contribution is 0.643. The summed E-state index contributed by atoms with van der Waals surface area (Å²) in [6.45, 7) is 17.3. The van der Waals surface area contributed by atoms with E-state index in [1.165, 1.54) is 0 Å². The summed E-state index contributed by atoms with van der Waals surface area (Å²) in [4.78, 5) is 0. The van der Waals surface area contributed by atoms with Crippen LogP contribution < -0.4 is 0 Å². The van der Waals surface area contributed by atoms with Crippen molar-refractivity contribution in [1.29, 1.82) is 0 Å². The molecule has 0 aliphatic heterocycles. The number of hydrogen-bond acceptors (Lipinski definition) is 2. The van der Waals surface area contributed by atoms with Gasteiger partial charge in [-0.1, -0.05) is 24.5 Å². The molecule has 0 atom stereocenters. The molecule has 0 aliphatic rings. The molecule has 0 aliphatic carbocycles. The molecule has 0 fully saturated rings. The SMILES string of the molecule is C=C[Si]N(C)[Si](C)(C)N(C)[Si](C)(C)C=C. The smallest absolute Gasteiger partial charge is 0.186 e. The van der Waals surface area contributed by atoms with Crippen LogP contribution in [0.2, 0.25) is 26.2 Å². The highest BCUT2D eigenvalue weighted by atomic mass is 28.4. The predicted molar refractivity (Wildman–Crippen MR) is 76.6 cm³/mol. The molecule has 0 spiro atoms. The van der Waals surface area contributed by atoms with Crippen molar-refractivity contribution < 1.29 is 0 Å². The van der Waals surface area contributed by atoms with E-state index in [1.807, 2.05) is 5.70 Å². The second-order valence-electron chi connectivity index (χ2n) is 4.80. The van der Waals surface area contributed by atoms with Gasteiger partial charge in [0, 0.05) is 0 Å². The Morgan fingerprint density at radius 3 is 1.87 bits per heavy atom. The Hall–Kier alpha value is 0.0506. The maximum Gasteiger partial charge on any atom is 0.186 e. The largest absolute Gasteiger partial charge is 0.335 e. The number of rotatable bonds is 6. The number of hydrogen-bond donors (Lipinski definition) is 0. The van der Waals surface area contributed by atoms with Crippen molar-refractivity contribution >= 4 is 26.3 Å². The average molecular weight is 257 g/mol. The van der Waals surface area contributed by atoms with E-state index in [1.54, 1.807) is 0 Å². The van der Waals surface area contributed by atoms with E-state index in [0.29, 0.717) is 0 Å². The van der Waals surface area contributed by atoms with Crippen LogP contribution >= 0.6 is 0 Å². The molecule has 86 valence electrons. The third-order valence-electron chi connectivity index (χ3n) is 3.29. The second-order valence-corrected chi connectivity index (χ2v) is 15.8. The molecule has 0 aromatic heterocycles. The Bertz CT molecular complexity index is 239. The van der Waals surface area contributed by atoms with Gasteiger partial charge in [-0.25, -0.2) is 0 Å². The highest BCUT2D eigenvalue weighted by Gasteiger charge is 2.39. The second kappa shape index (κ2) is 5.40. The summed E-state index contributed by atoms with van der Waals surface area (Å²) in [5, 5.41) is 0. The molecule has 2 nitrogen and oxygen atoms in total. The van der Waals surface area contributed by atoms with E-state index in [9.17, 15) is 0 Å². The first kappa shape index (κ1) is 15.1. The van der Waals surface area contributed by atoms with Gasteiger partial charge < -0.3 is 8.46 Å². The average Bonchev–Trinajstić information content (AvgIpc) is 2.17. The highest BCUT2D eigenvalue weighted by molar-refractivity contribution is 6.93. The van der Waals surface area contributed by atoms with E-state index in [-0.39, 0.29) is 0 Å². The first-order valence-corrected chi connectivity index (χ1v) is 12.1. The third kappa shape index (κ3) is 3.53. The molecule has 15 heavy (non-hydrogen) atoms. The van der Waals surface area contributed by atoms with Gasteiger partial charge in [0.1, 0.15) is 8.24 Å². The van der Waals surface area contributed by atoms with Crippen LogP contribution in [0.25, 0.3) is 0 Å². The minimum Gasteiger partial charge on any atom is -0.335 e. The summed E-state index contributed by atoms with van der Waals surface area (Å²) in [5.41, 5.74) is 4.16. The minimum absolute atomic E-state index is 0.719. The lowest BCUT2D eigenvalue weighted by atomic mass is 11.3. The Morgan fingerprint density at radius 1 is 1.07 bits per heavy atom. The van der Waals surface area contributed by atoms with Gasteiger partial charge in [0.05, 0.1) is 0 Å². The van der Waals surface area contributed by atoms with Crippen molar-refractivity contribution in [2.24, 2.45) is 0 Å². The van der Waals surface area contributed by atoms with Crippen molar-refractivity contribution in [2.45, 2.75) is 26.2 Å². The van der Waals surface area contributed by atoms with Crippen LogP contribution in [0.3, 0.4) is 0 Å². The Morgan fingerprint density at radius 2 is 1.53 bits per heavy atom. The van der Waals surface area contributed by atoms with Crippen molar-refractivity contribution in [1.82, 2.24) is 8.46 Å². The van der Waals surface area contributed by atoms with Crippen molar-refractivity contribution in [3.8, 4) is 0 Å². The molecule has 0 saturated heterocycles. The van der Waals surface area contributed by atoms with Gasteiger partial charge in [-0.2, -0.15) is 0 Å². The minimum atomic E-state index is -1.49. The molecule has 2 radical (unpaired) electrons. The van der Waals surface area contributed by atoms with Gasteiger partial charge >= 0.3 is 0 Å². The first-order valence-electron chi connectivity index (χ1n) is 5.18. The zero-order chi connectivity index (χ0) is 12.3. The fraction of sp³-hybridized carbons (Fsp3) is 0.600. The van der Waals surface area contributed by atoms with Crippen LogP contribution in [0.4, 0.5) is 0 Å². The molecule has 0 bridgehead atoms. The quantitative estimate of drug-likeness (QED) is 0.673. The summed E-state index contributed by atoms with van der Waals surface area (Å²) >= 11 is 0. The van der Waals surface area contributed by atoms with Crippen LogP contribution in [-0.4, -0.2) is 48.9 Å². The van der Waals surface area contributed by atoms with Gasteiger partial charge in [-0.3, -0.25) is 0 Å². The summed E-state index contributed by atoms with van der Waals surface area (Å²) < 4.78 is 5.07. The van der Waals surface area contributed by atoms with E-state index in [2.05, 4.69) is 67.6 Å². The van der Waals surface area contributed by atoms with E-state index in [0.717, 1.165) is 9.68 Å². The van der Waals surface area contributed by atoms with Crippen LogP contribution in [-0.2, 0) is 0 Å². The normalized spacial score (nSPS) is 13.3. The summed E-state index contributed by atoms with van der Waals surface area (Å²) in [6, 6.07) is 0. The molecule has 0 heterocycles. The molecule has 0 N–H and O–H groups in total. The third-order valence-corrected chi connectivity index (χ3v) is 15.3. The van der Waals surface area contributed by atoms with Gasteiger partial charge in [0.15, 0.2) is 18.1 Å². The molecule has 0 saturated carbocycles. The zero-order valence-electron chi connectivity index (χ0n) is 11.0. The highest BCUT2D eigenvalue weighted by Crippen LogP contribution is 2.20. The fourth-order valence-corrected chi connectivity index (χ4v) is 11.0. The summed E-state index contributed by atoms with van der Waals surface area (Å²) in [5.74, 6) is 0. The van der Waals surface area contributed by atoms with Gasteiger partial charge in [0.2, 0.25) is 0 Å². The van der Waals surface area contributed by atoms with Gasteiger partial charge in [-0.05, 0) is 27.2 Å². The molecule has 0 amide bonds. The Labute approximate surface area is 99.8 Å². The molecule has 0 aromatic carbocycles. The number of nitrogens with zero attached hydrogens (tertiary/aromatic N) is 2. The summed E-state index contributed by atoms with van der Waals surface area (Å²) in [6.07, 6.45) is 0. The first-order chi connectivity index (χ1) is 6.70. The predicted octanol–water partition coefficient (Wildman–Crippen LogP) is 2.24. The van der Waals surface area contributed by atoms with Crippen LogP contribution in [0.1, 0.15) is 0 Å². The van der Waals surface area contributed by atoms with Crippen molar-refractivity contribution in [3.63, 3.8) is 0 Å². The van der Waals surface area contributed by atoms with Crippen LogP contribution in [0.5, 0.6) is 0 Å². The van der Waals surface area contributed by atoms with Crippen LogP contribution in [0.15, 0.2) is 24.6 Å². The molecular formula is C10H24N2Si3. The van der Waals surface area contributed by atoms with Crippen molar-refractivity contribution in [2.75, 3.05) is 14.1 Å². The monoisotopic (exact) mass is 256 g/mol. The fourth-order valence-electron chi connectivity index (χ4n) is 1.36. The van der Waals surface area contributed by atoms with E-state index < -0.39 is 16.6 Å².